The summed E-state index contributed by atoms with van der Waals surface area (Å²) in [4.78, 5) is 11.2. The van der Waals surface area contributed by atoms with Crippen LogP contribution in [-0.2, 0) is 4.79 Å². The Balaban J connectivity index is 3.79. The van der Waals surface area contributed by atoms with Crippen LogP contribution in [-0.4, -0.2) is 5.91 Å². The Labute approximate surface area is 107 Å². The van der Waals surface area contributed by atoms with Crippen molar-refractivity contribution in [3.05, 3.63) is 11.6 Å². The summed E-state index contributed by atoms with van der Waals surface area (Å²) in [6.07, 6.45) is 13.7. The third kappa shape index (κ3) is 10.1. The lowest BCUT2D eigenvalue weighted by molar-refractivity contribution is -0.114. The number of hydrogen-bond donors (Lipinski definition) is 1. The molecule has 1 amide bonds. The fourth-order valence-electron chi connectivity index (χ4n) is 1.92. The van der Waals surface area contributed by atoms with Crippen LogP contribution in [0.15, 0.2) is 11.6 Å². The van der Waals surface area contributed by atoms with Gasteiger partial charge in [0.15, 0.2) is 0 Å². The monoisotopic (exact) mass is 239 g/mol. The van der Waals surface area contributed by atoms with Gasteiger partial charge in [-0.25, -0.2) is 0 Å². The van der Waals surface area contributed by atoms with Gasteiger partial charge >= 0.3 is 0 Å². The molecule has 2 N–H and O–H groups in total. The lowest BCUT2D eigenvalue weighted by atomic mass is 10.0. The van der Waals surface area contributed by atoms with E-state index in [9.17, 15) is 4.79 Å². The molecule has 0 aromatic heterocycles. The van der Waals surface area contributed by atoms with Gasteiger partial charge in [-0.15, -0.1) is 0 Å². The van der Waals surface area contributed by atoms with Gasteiger partial charge in [0, 0.05) is 5.57 Å². The molecule has 2 heteroatoms. The molecule has 2 nitrogen and oxygen atoms in total. The van der Waals surface area contributed by atoms with Crippen LogP contribution in [0.5, 0.6) is 0 Å². The summed E-state index contributed by atoms with van der Waals surface area (Å²) in [5, 5.41) is 0. The van der Waals surface area contributed by atoms with E-state index in [-0.39, 0.29) is 5.91 Å². The van der Waals surface area contributed by atoms with Crippen LogP contribution >= 0.6 is 0 Å². The molecule has 0 bridgehead atoms. The maximum Gasteiger partial charge on any atom is 0.244 e. The maximum atomic E-state index is 11.2. The number of carbonyl (C=O) groups excluding carboxylic acids is 1. The number of primary amides is 1. The summed E-state index contributed by atoms with van der Waals surface area (Å²) in [5.74, 6) is -0.225. The predicted octanol–water partition coefficient (Wildman–Crippen LogP) is 4.34. The average molecular weight is 239 g/mol. The van der Waals surface area contributed by atoms with E-state index in [1.165, 1.54) is 44.9 Å². The fourth-order valence-corrected chi connectivity index (χ4v) is 1.92. The Hall–Kier alpha value is -0.790. The van der Waals surface area contributed by atoms with E-state index in [0.717, 1.165) is 24.8 Å². The van der Waals surface area contributed by atoms with Gasteiger partial charge in [0.1, 0.15) is 0 Å². The van der Waals surface area contributed by atoms with Gasteiger partial charge < -0.3 is 5.73 Å². The van der Waals surface area contributed by atoms with E-state index in [2.05, 4.69) is 19.9 Å². The first-order valence-electron chi connectivity index (χ1n) is 7.21. The van der Waals surface area contributed by atoms with Crippen LogP contribution in [0.3, 0.4) is 0 Å². The first-order chi connectivity index (χ1) is 8.22. The van der Waals surface area contributed by atoms with Crippen molar-refractivity contribution >= 4 is 5.91 Å². The Morgan fingerprint density at radius 1 is 0.941 bits per heavy atom. The second kappa shape index (κ2) is 11.7. The Morgan fingerprint density at radius 3 is 2.06 bits per heavy atom. The molecule has 0 rings (SSSR count). The fraction of sp³-hybridized carbons (Fsp3) is 0.800. The SMILES string of the molecule is CCCCCC/C=C(/CCCCCC)C(N)=O. The van der Waals surface area contributed by atoms with E-state index >= 15 is 0 Å². The van der Waals surface area contributed by atoms with Crippen molar-refractivity contribution in [1.82, 2.24) is 0 Å². The zero-order valence-corrected chi connectivity index (χ0v) is 11.6. The summed E-state index contributed by atoms with van der Waals surface area (Å²) in [7, 11) is 0. The second-order valence-electron chi connectivity index (χ2n) is 4.75. The number of carbonyl (C=O) groups is 1. The second-order valence-corrected chi connectivity index (χ2v) is 4.75. The predicted molar refractivity (Wildman–Crippen MR) is 74.8 cm³/mol. The topological polar surface area (TPSA) is 43.1 Å². The van der Waals surface area contributed by atoms with Crippen molar-refractivity contribution in [3.8, 4) is 0 Å². The molecule has 0 unspecified atom stereocenters. The van der Waals surface area contributed by atoms with E-state index in [0.29, 0.717) is 0 Å². The molecule has 0 heterocycles. The van der Waals surface area contributed by atoms with E-state index in [1.807, 2.05) is 0 Å². The quantitative estimate of drug-likeness (QED) is 0.423. The molecular formula is C15H29NO. The van der Waals surface area contributed by atoms with Crippen molar-refractivity contribution in [2.75, 3.05) is 0 Å². The highest BCUT2D eigenvalue weighted by Gasteiger charge is 2.03. The number of amides is 1. The van der Waals surface area contributed by atoms with Crippen LogP contribution in [0.25, 0.3) is 0 Å². The molecule has 0 aromatic rings. The normalized spacial score (nSPS) is 11.8. The number of allylic oxidation sites excluding steroid dienone is 1. The van der Waals surface area contributed by atoms with Gasteiger partial charge in [0.05, 0.1) is 0 Å². The standard InChI is InChI=1S/C15H29NO/c1-3-5-7-9-11-13-14(15(16)17)12-10-8-6-4-2/h13H,3-12H2,1-2H3,(H2,16,17)/b14-13-. The summed E-state index contributed by atoms with van der Waals surface area (Å²) < 4.78 is 0. The molecule has 0 spiro atoms. The lowest BCUT2D eigenvalue weighted by Crippen LogP contribution is -2.14. The van der Waals surface area contributed by atoms with Gasteiger partial charge in [-0.2, -0.15) is 0 Å². The largest absolute Gasteiger partial charge is 0.366 e. The molecule has 0 radical (unpaired) electrons. The molecule has 0 aromatic carbocycles. The number of rotatable bonds is 11. The zero-order chi connectivity index (χ0) is 12.9. The molecule has 100 valence electrons. The van der Waals surface area contributed by atoms with Crippen LogP contribution < -0.4 is 5.73 Å². The molecule has 17 heavy (non-hydrogen) atoms. The highest BCUT2D eigenvalue weighted by molar-refractivity contribution is 5.91. The minimum Gasteiger partial charge on any atom is -0.366 e. The highest BCUT2D eigenvalue weighted by atomic mass is 16.1. The molecule has 0 saturated carbocycles. The molecule has 0 aliphatic carbocycles. The van der Waals surface area contributed by atoms with Crippen molar-refractivity contribution in [1.29, 1.82) is 0 Å². The third-order valence-electron chi connectivity index (χ3n) is 3.06. The molecule has 0 aliphatic rings. The number of hydrogen-bond acceptors (Lipinski definition) is 1. The van der Waals surface area contributed by atoms with Gasteiger partial charge in [-0.3, -0.25) is 4.79 Å². The van der Waals surface area contributed by atoms with Crippen LogP contribution in [0.1, 0.15) is 78.1 Å². The summed E-state index contributed by atoms with van der Waals surface area (Å²) in [5.41, 5.74) is 6.23. The molecule has 0 saturated heterocycles. The van der Waals surface area contributed by atoms with Crippen LogP contribution in [0.2, 0.25) is 0 Å². The number of nitrogens with two attached hydrogens (primary N) is 1. The molecule has 0 aliphatic heterocycles. The van der Waals surface area contributed by atoms with E-state index in [4.69, 9.17) is 5.73 Å². The molecule has 0 atom stereocenters. The summed E-state index contributed by atoms with van der Waals surface area (Å²) in [6.45, 7) is 4.40. The van der Waals surface area contributed by atoms with Gasteiger partial charge in [-0.05, 0) is 25.7 Å². The van der Waals surface area contributed by atoms with Crippen molar-refractivity contribution in [2.24, 2.45) is 5.73 Å². The zero-order valence-electron chi connectivity index (χ0n) is 11.6. The lowest BCUT2D eigenvalue weighted by Gasteiger charge is -2.03. The Kier molecular flexibility index (Phi) is 11.1. The number of unbranched alkanes of at least 4 members (excludes halogenated alkanes) is 7. The Morgan fingerprint density at radius 2 is 1.53 bits per heavy atom. The minimum atomic E-state index is -0.225. The van der Waals surface area contributed by atoms with Gasteiger partial charge in [-0.1, -0.05) is 58.4 Å². The van der Waals surface area contributed by atoms with Crippen molar-refractivity contribution in [2.45, 2.75) is 78.1 Å². The first kappa shape index (κ1) is 16.2. The highest BCUT2D eigenvalue weighted by Crippen LogP contribution is 2.12. The Bertz CT molecular complexity index is 221. The molecule has 0 fully saturated rings. The van der Waals surface area contributed by atoms with Gasteiger partial charge in [0.2, 0.25) is 5.91 Å². The first-order valence-corrected chi connectivity index (χ1v) is 7.21. The van der Waals surface area contributed by atoms with Gasteiger partial charge in [0.25, 0.3) is 0 Å². The third-order valence-corrected chi connectivity index (χ3v) is 3.06. The molecular weight excluding hydrogens is 210 g/mol. The van der Waals surface area contributed by atoms with Crippen molar-refractivity contribution in [3.63, 3.8) is 0 Å². The minimum absolute atomic E-state index is 0.225. The smallest absolute Gasteiger partial charge is 0.244 e. The maximum absolute atomic E-state index is 11.2. The van der Waals surface area contributed by atoms with Crippen LogP contribution in [0.4, 0.5) is 0 Å². The van der Waals surface area contributed by atoms with E-state index in [1.54, 1.807) is 0 Å². The van der Waals surface area contributed by atoms with Crippen molar-refractivity contribution < 1.29 is 4.79 Å². The average Bonchev–Trinajstić information content (AvgIpc) is 2.31. The van der Waals surface area contributed by atoms with E-state index < -0.39 is 0 Å². The summed E-state index contributed by atoms with van der Waals surface area (Å²) in [6, 6.07) is 0. The summed E-state index contributed by atoms with van der Waals surface area (Å²) >= 11 is 0. The van der Waals surface area contributed by atoms with Crippen LogP contribution in [0, 0.1) is 0 Å².